The summed E-state index contributed by atoms with van der Waals surface area (Å²) in [6, 6.07) is 5.15. The number of nitrogens with one attached hydrogen (secondary N) is 1. The molecule has 19 heavy (non-hydrogen) atoms. The van der Waals surface area contributed by atoms with E-state index in [1.165, 1.54) is 4.57 Å². The average molecular weight is 261 g/mol. The number of aromatic amines is 1. The predicted molar refractivity (Wildman–Crippen MR) is 70.1 cm³/mol. The van der Waals surface area contributed by atoms with Crippen LogP contribution in [0.4, 0.5) is 0 Å². The zero-order chi connectivity index (χ0) is 13.6. The van der Waals surface area contributed by atoms with Gasteiger partial charge in [-0.25, -0.2) is 4.79 Å². The topological polar surface area (TPSA) is 78.3 Å². The maximum absolute atomic E-state index is 12.2. The van der Waals surface area contributed by atoms with Crippen molar-refractivity contribution in [2.24, 2.45) is 7.05 Å². The lowest BCUT2D eigenvalue weighted by molar-refractivity contribution is 0.0765. The average Bonchev–Trinajstić information content (AvgIpc) is 2.94. The van der Waals surface area contributed by atoms with E-state index in [1.54, 1.807) is 30.1 Å². The van der Waals surface area contributed by atoms with Crippen LogP contribution in [0.3, 0.4) is 0 Å². The summed E-state index contributed by atoms with van der Waals surface area (Å²) in [5.41, 5.74) is 1.75. The Kier molecular flexibility index (Phi) is 2.67. The molecule has 0 aliphatic carbocycles. The molecule has 3 rings (SSSR count). The molecule has 0 saturated carbocycles. The highest BCUT2D eigenvalue weighted by Crippen LogP contribution is 2.17. The molecule has 0 spiro atoms. The second-order valence-electron chi connectivity index (χ2n) is 4.91. The second kappa shape index (κ2) is 4.24. The number of benzene rings is 1. The molecule has 1 fully saturated rings. The first-order valence-corrected chi connectivity index (χ1v) is 6.22. The fourth-order valence-electron chi connectivity index (χ4n) is 2.48. The minimum Gasteiger partial charge on any atom is -0.391 e. The van der Waals surface area contributed by atoms with E-state index in [9.17, 15) is 14.7 Å². The number of aliphatic hydroxyl groups excluding tert-OH is 1. The number of aryl methyl sites for hydroxylation is 1. The van der Waals surface area contributed by atoms with Crippen LogP contribution in [-0.4, -0.2) is 44.7 Å². The Balaban J connectivity index is 1.97. The third-order valence-corrected chi connectivity index (χ3v) is 3.60. The van der Waals surface area contributed by atoms with Crippen molar-refractivity contribution in [1.29, 1.82) is 0 Å². The van der Waals surface area contributed by atoms with Crippen molar-refractivity contribution in [2.75, 3.05) is 13.1 Å². The van der Waals surface area contributed by atoms with E-state index in [1.807, 2.05) is 0 Å². The number of fused-ring (bicyclic) bond motifs is 1. The molecule has 1 atom stereocenters. The fourth-order valence-corrected chi connectivity index (χ4v) is 2.48. The van der Waals surface area contributed by atoms with Gasteiger partial charge in [-0.3, -0.25) is 9.36 Å². The number of amides is 1. The molecule has 1 amide bonds. The minimum atomic E-state index is -0.427. The first-order chi connectivity index (χ1) is 9.06. The monoisotopic (exact) mass is 261 g/mol. The summed E-state index contributed by atoms with van der Waals surface area (Å²) in [4.78, 5) is 28.1. The van der Waals surface area contributed by atoms with E-state index in [0.717, 1.165) is 5.52 Å². The van der Waals surface area contributed by atoms with Crippen LogP contribution in [-0.2, 0) is 7.05 Å². The van der Waals surface area contributed by atoms with E-state index in [-0.39, 0.29) is 11.6 Å². The van der Waals surface area contributed by atoms with Crippen molar-refractivity contribution >= 4 is 16.9 Å². The van der Waals surface area contributed by atoms with Gasteiger partial charge in [0.05, 0.1) is 17.1 Å². The highest BCUT2D eigenvalue weighted by molar-refractivity contribution is 5.97. The third-order valence-electron chi connectivity index (χ3n) is 3.60. The molecule has 1 saturated heterocycles. The van der Waals surface area contributed by atoms with Gasteiger partial charge in [0.1, 0.15) is 0 Å². The SMILES string of the molecule is Cn1c(=O)[nH]c2cc(C(=O)N3CC[C@@H](O)C3)ccc21. The molecule has 1 aromatic carbocycles. The number of hydrogen-bond donors (Lipinski definition) is 2. The summed E-state index contributed by atoms with van der Waals surface area (Å²) >= 11 is 0. The maximum atomic E-state index is 12.2. The summed E-state index contributed by atoms with van der Waals surface area (Å²) in [7, 11) is 1.68. The normalized spacial score (nSPS) is 19.3. The van der Waals surface area contributed by atoms with Gasteiger partial charge >= 0.3 is 5.69 Å². The van der Waals surface area contributed by atoms with E-state index in [2.05, 4.69) is 4.98 Å². The summed E-state index contributed by atoms with van der Waals surface area (Å²) in [6.07, 6.45) is 0.195. The standard InChI is InChI=1S/C13H15N3O3/c1-15-11-3-2-8(6-10(11)14-13(15)19)12(18)16-5-4-9(17)7-16/h2-3,6,9,17H,4-5,7H2,1H3,(H,14,19)/t9-/m1/s1. The lowest BCUT2D eigenvalue weighted by Gasteiger charge is -2.15. The molecule has 0 radical (unpaired) electrons. The van der Waals surface area contributed by atoms with Crippen molar-refractivity contribution in [3.8, 4) is 0 Å². The van der Waals surface area contributed by atoms with Crippen LogP contribution in [0.15, 0.2) is 23.0 Å². The maximum Gasteiger partial charge on any atom is 0.326 e. The molecule has 2 N–H and O–H groups in total. The fraction of sp³-hybridized carbons (Fsp3) is 0.385. The Morgan fingerprint density at radius 3 is 2.95 bits per heavy atom. The highest BCUT2D eigenvalue weighted by atomic mass is 16.3. The number of imidazole rings is 1. The van der Waals surface area contributed by atoms with Gasteiger partial charge in [0, 0.05) is 25.7 Å². The first kappa shape index (κ1) is 12.0. The number of β-amino-alcohol motifs (C(OH)–C–C–N with tert-alkyl or cyclic N) is 1. The number of likely N-dealkylation sites (tertiary alicyclic amines) is 1. The summed E-state index contributed by atoms with van der Waals surface area (Å²) in [5, 5.41) is 9.46. The van der Waals surface area contributed by atoms with E-state index in [0.29, 0.717) is 30.6 Å². The van der Waals surface area contributed by atoms with Crippen LogP contribution in [0, 0.1) is 0 Å². The van der Waals surface area contributed by atoms with Gasteiger partial charge in [-0.15, -0.1) is 0 Å². The number of hydrogen-bond acceptors (Lipinski definition) is 3. The molecular weight excluding hydrogens is 246 g/mol. The Hall–Kier alpha value is -2.08. The smallest absolute Gasteiger partial charge is 0.326 e. The summed E-state index contributed by atoms with van der Waals surface area (Å²) in [5.74, 6) is -0.108. The number of aromatic nitrogens is 2. The molecule has 1 aliphatic heterocycles. The zero-order valence-electron chi connectivity index (χ0n) is 10.6. The lowest BCUT2D eigenvalue weighted by atomic mass is 10.2. The lowest BCUT2D eigenvalue weighted by Crippen LogP contribution is -2.29. The predicted octanol–water partition coefficient (Wildman–Crippen LogP) is 0.0734. The molecule has 2 aromatic rings. The van der Waals surface area contributed by atoms with Gasteiger partial charge in [-0.2, -0.15) is 0 Å². The van der Waals surface area contributed by atoms with E-state index in [4.69, 9.17) is 0 Å². The van der Waals surface area contributed by atoms with Crippen molar-refractivity contribution in [2.45, 2.75) is 12.5 Å². The minimum absolute atomic E-state index is 0.108. The third kappa shape index (κ3) is 1.94. The summed E-state index contributed by atoms with van der Waals surface area (Å²) < 4.78 is 1.50. The summed E-state index contributed by atoms with van der Waals surface area (Å²) in [6.45, 7) is 0.950. The van der Waals surface area contributed by atoms with E-state index < -0.39 is 6.10 Å². The van der Waals surface area contributed by atoms with Gasteiger partial charge in [-0.1, -0.05) is 0 Å². The highest BCUT2D eigenvalue weighted by Gasteiger charge is 2.25. The molecule has 100 valence electrons. The number of H-pyrrole nitrogens is 1. The number of nitrogens with zero attached hydrogens (tertiary/aromatic N) is 2. The van der Waals surface area contributed by atoms with Crippen molar-refractivity contribution in [1.82, 2.24) is 14.5 Å². The van der Waals surface area contributed by atoms with Crippen molar-refractivity contribution in [3.63, 3.8) is 0 Å². The molecule has 0 unspecified atom stereocenters. The Labute approximate surface area is 109 Å². The quantitative estimate of drug-likeness (QED) is 0.762. The largest absolute Gasteiger partial charge is 0.391 e. The molecule has 0 bridgehead atoms. The van der Waals surface area contributed by atoms with Crippen LogP contribution < -0.4 is 5.69 Å². The number of carbonyl (C=O) groups is 1. The second-order valence-corrected chi connectivity index (χ2v) is 4.91. The van der Waals surface area contributed by atoms with Gasteiger partial charge in [0.2, 0.25) is 0 Å². The van der Waals surface area contributed by atoms with Crippen LogP contribution in [0.5, 0.6) is 0 Å². The number of carbonyl (C=O) groups excluding carboxylic acids is 1. The van der Waals surface area contributed by atoms with Crippen LogP contribution in [0.25, 0.3) is 11.0 Å². The van der Waals surface area contributed by atoms with Gasteiger partial charge in [-0.05, 0) is 24.6 Å². The van der Waals surface area contributed by atoms with Crippen molar-refractivity contribution in [3.05, 3.63) is 34.2 Å². The van der Waals surface area contributed by atoms with Crippen LogP contribution in [0.1, 0.15) is 16.8 Å². The molecule has 1 aromatic heterocycles. The van der Waals surface area contributed by atoms with Gasteiger partial charge < -0.3 is 15.0 Å². The Morgan fingerprint density at radius 1 is 1.47 bits per heavy atom. The van der Waals surface area contributed by atoms with E-state index >= 15 is 0 Å². The van der Waals surface area contributed by atoms with Crippen LogP contribution >= 0.6 is 0 Å². The Morgan fingerprint density at radius 2 is 2.26 bits per heavy atom. The zero-order valence-corrected chi connectivity index (χ0v) is 10.6. The molecular formula is C13H15N3O3. The Bertz CT molecular complexity index is 701. The number of rotatable bonds is 1. The van der Waals surface area contributed by atoms with Gasteiger partial charge in [0.25, 0.3) is 5.91 Å². The van der Waals surface area contributed by atoms with Gasteiger partial charge in [0.15, 0.2) is 0 Å². The first-order valence-electron chi connectivity index (χ1n) is 6.22. The molecule has 6 heteroatoms. The number of aliphatic hydroxyl groups is 1. The molecule has 1 aliphatic rings. The molecule has 2 heterocycles. The molecule has 6 nitrogen and oxygen atoms in total. The van der Waals surface area contributed by atoms with Crippen LogP contribution in [0.2, 0.25) is 0 Å². The van der Waals surface area contributed by atoms with Crippen molar-refractivity contribution < 1.29 is 9.90 Å².